The molecule has 0 aliphatic heterocycles. The van der Waals surface area contributed by atoms with Gasteiger partial charge < -0.3 is 15.4 Å². The van der Waals surface area contributed by atoms with Crippen molar-refractivity contribution in [2.24, 2.45) is 5.92 Å². The summed E-state index contributed by atoms with van der Waals surface area (Å²) in [5, 5.41) is 4.53. The first-order valence-electron chi connectivity index (χ1n) is 6.68. The van der Waals surface area contributed by atoms with Gasteiger partial charge >= 0.3 is 5.97 Å². The van der Waals surface area contributed by atoms with Crippen LogP contribution in [0, 0.1) is 5.92 Å². The number of ether oxygens (including phenoxy) is 1. The zero-order valence-electron chi connectivity index (χ0n) is 12.0. The van der Waals surface area contributed by atoms with Gasteiger partial charge in [0, 0.05) is 13.6 Å². The van der Waals surface area contributed by atoms with Crippen molar-refractivity contribution in [1.82, 2.24) is 9.78 Å². The summed E-state index contributed by atoms with van der Waals surface area (Å²) in [5.41, 5.74) is 6.49. The van der Waals surface area contributed by atoms with Crippen molar-refractivity contribution < 1.29 is 9.53 Å². The van der Waals surface area contributed by atoms with E-state index in [-0.39, 0.29) is 6.04 Å². The Morgan fingerprint density at radius 1 is 1.63 bits per heavy atom. The van der Waals surface area contributed by atoms with Crippen LogP contribution in [-0.2, 0) is 4.74 Å². The van der Waals surface area contributed by atoms with Gasteiger partial charge in [-0.2, -0.15) is 5.10 Å². The molecule has 19 heavy (non-hydrogen) atoms. The van der Waals surface area contributed by atoms with Crippen molar-refractivity contribution in [3.8, 4) is 0 Å². The van der Waals surface area contributed by atoms with Gasteiger partial charge in [-0.1, -0.05) is 0 Å². The monoisotopic (exact) mass is 266 g/mol. The summed E-state index contributed by atoms with van der Waals surface area (Å²) in [7, 11) is 3.25. The number of carbonyl (C=O) groups excluding carboxylic acids is 1. The Labute approximate surface area is 113 Å². The molecule has 1 saturated carbocycles. The number of nitrogens with two attached hydrogens (primary N) is 1. The summed E-state index contributed by atoms with van der Waals surface area (Å²) in [6, 6.07) is 0.224. The molecule has 0 amide bonds. The highest BCUT2D eigenvalue weighted by atomic mass is 16.5. The number of anilines is 2. The molecule has 0 saturated heterocycles. The summed E-state index contributed by atoms with van der Waals surface area (Å²) in [5.74, 6) is 1.19. The van der Waals surface area contributed by atoms with E-state index < -0.39 is 5.97 Å². The molecule has 0 radical (unpaired) electrons. The quantitative estimate of drug-likeness (QED) is 0.821. The maximum Gasteiger partial charge on any atom is 0.345 e. The maximum absolute atomic E-state index is 11.9. The van der Waals surface area contributed by atoms with Crippen LogP contribution in [0.1, 0.15) is 43.1 Å². The lowest BCUT2D eigenvalue weighted by molar-refractivity contribution is 0.0602. The average Bonchev–Trinajstić information content (AvgIpc) is 3.20. The smallest absolute Gasteiger partial charge is 0.345 e. The number of methoxy groups -OCH3 is 1. The molecule has 106 valence electrons. The number of nitrogen functional groups attached to an aromatic ring is 1. The summed E-state index contributed by atoms with van der Waals surface area (Å²) in [4.78, 5) is 13.8. The Bertz CT molecular complexity index is 479. The minimum Gasteiger partial charge on any atom is -0.465 e. The third-order valence-electron chi connectivity index (χ3n) is 3.84. The molecule has 1 aromatic rings. The molecule has 1 aromatic heterocycles. The van der Waals surface area contributed by atoms with Crippen LogP contribution < -0.4 is 10.6 Å². The van der Waals surface area contributed by atoms with Crippen molar-refractivity contribution in [3.05, 3.63) is 5.56 Å². The van der Waals surface area contributed by atoms with Crippen LogP contribution in [-0.4, -0.2) is 36.5 Å². The van der Waals surface area contributed by atoms with Gasteiger partial charge in [0.05, 0.1) is 13.2 Å². The van der Waals surface area contributed by atoms with Gasteiger partial charge in [-0.3, -0.25) is 0 Å². The fraction of sp³-hybridized carbons (Fsp3) is 0.692. The first kappa shape index (κ1) is 13.7. The normalized spacial score (nSPS) is 16.2. The Morgan fingerprint density at radius 3 is 2.74 bits per heavy atom. The number of esters is 1. The molecular formula is C13H22N4O2. The number of nitrogens with zero attached hydrogens (tertiary/aromatic N) is 3. The van der Waals surface area contributed by atoms with E-state index in [0.717, 1.165) is 6.54 Å². The van der Waals surface area contributed by atoms with Gasteiger partial charge in [-0.05, 0) is 32.6 Å². The number of carbonyl (C=O) groups is 1. The van der Waals surface area contributed by atoms with E-state index in [9.17, 15) is 4.79 Å². The molecule has 1 atom stereocenters. The summed E-state index contributed by atoms with van der Waals surface area (Å²) in [6.45, 7) is 4.84. The number of hydrogen-bond donors (Lipinski definition) is 1. The van der Waals surface area contributed by atoms with Crippen LogP contribution in [0.25, 0.3) is 0 Å². The maximum atomic E-state index is 11.9. The average molecular weight is 266 g/mol. The lowest BCUT2D eigenvalue weighted by Crippen LogP contribution is -2.19. The van der Waals surface area contributed by atoms with Gasteiger partial charge in [0.2, 0.25) is 0 Å². The lowest BCUT2D eigenvalue weighted by Gasteiger charge is -2.14. The molecule has 1 aliphatic carbocycles. The zero-order valence-corrected chi connectivity index (χ0v) is 12.0. The molecule has 1 aliphatic rings. The second kappa shape index (κ2) is 5.11. The molecular weight excluding hydrogens is 244 g/mol. The van der Waals surface area contributed by atoms with E-state index >= 15 is 0 Å². The lowest BCUT2D eigenvalue weighted by atomic mass is 10.2. The van der Waals surface area contributed by atoms with E-state index in [1.54, 1.807) is 4.68 Å². The summed E-state index contributed by atoms with van der Waals surface area (Å²) < 4.78 is 6.59. The van der Waals surface area contributed by atoms with E-state index in [1.807, 2.05) is 18.9 Å². The minimum atomic E-state index is -0.429. The highest BCUT2D eigenvalue weighted by Crippen LogP contribution is 2.41. The molecule has 0 aromatic carbocycles. The van der Waals surface area contributed by atoms with E-state index in [2.05, 4.69) is 12.0 Å². The fourth-order valence-electron chi connectivity index (χ4n) is 2.24. The predicted molar refractivity (Wildman–Crippen MR) is 74.4 cm³/mol. The van der Waals surface area contributed by atoms with Crippen LogP contribution in [0.15, 0.2) is 0 Å². The molecule has 2 rings (SSSR count). The van der Waals surface area contributed by atoms with Crippen LogP contribution >= 0.6 is 0 Å². The highest BCUT2D eigenvalue weighted by molar-refractivity contribution is 5.99. The van der Waals surface area contributed by atoms with Gasteiger partial charge in [0.1, 0.15) is 11.4 Å². The topological polar surface area (TPSA) is 73.4 Å². The third-order valence-corrected chi connectivity index (χ3v) is 3.84. The fourth-order valence-corrected chi connectivity index (χ4v) is 2.24. The molecule has 0 spiro atoms. The van der Waals surface area contributed by atoms with Crippen molar-refractivity contribution in [1.29, 1.82) is 0 Å². The molecule has 6 nitrogen and oxygen atoms in total. The van der Waals surface area contributed by atoms with Crippen molar-refractivity contribution >= 4 is 17.6 Å². The minimum absolute atomic E-state index is 0.224. The van der Waals surface area contributed by atoms with E-state index in [1.165, 1.54) is 20.0 Å². The SMILES string of the molecule is CCN(C)c1nn(C(C)C2CC2)c(N)c1C(=O)OC. The van der Waals surface area contributed by atoms with Crippen LogP contribution in [0.4, 0.5) is 11.6 Å². The summed E-state index contributed by atoms with van der Waals surface area (Å²) >= 11 is 0. The number of rotatable bonds is 5. The molecule has 2 N–H and O–H groups in total. The van der Waals surface area contributed by atoms with Crippen LogP contribution in [0.3, 0.4) is 0 Å². The predicted octanol–water partition coefficient (Wildman–Crippen LogP) is 1.68. The Balaban J connectivity index is 2.46. The van der Waals surface area contributed by atoms with Gasteiger partial charge in [-0.15, -0.1) is 0 Å². The molecule has 1 unspecified atom stereocenters. The van der Waals surface area contributed by atoms with Gasteiger partial charge in [-0.25, -0.2) is 9.48 Å². The molecule has 6 heteroatoms. The van der Waals surface area contributed by atoms with Gasteiger partial charge in [0.25, 0.3) is 0 Å². The number of aromatic nitrogens is 2. The first-order valence-corrected chi connectivity index (χ1v) is 6.68. The highest BCUT2D eigenvalue weighted by Gasteiger charge is 2.34. The standard InChI is InChI=1S/C13H22N4O2/c1-5-16(3)12-10(13(18)19-4)11(14)17(15-12)8(2)9-6-7-9/h8-9H,5-7,14H2,1-4H3. The Kier molecular flexibility index (Phi) is 3.68. The molecule has 0 bridgehead atoms. The van der Waals surface area contributed by atoms with Crippen molar-refractivity contribution in [2.45, 2.75) is 32.7 Å². The van der Waals surface area contributed by atoms with Crippen molar-refractivity contribution in [3.63, 3.8) is 0 Å². The van der Waals surface area contributed by atoms with Gasteiger partial charge in [0.15, 0.2) is 5.82 Å². The Morgan fingerprint density at radius 2 is 2.26 bits per heavy atom. The largest absolute Gasteiger partial charge is 0.465 e. The van der Waals surface area contributed by atoms with Crippen LogP contribution in [0.2, 0.25) is 0 Å². The number of hydrogen-bond acceptors (Lipinski definition) is 5. The van der Waals surface area contributed by atoms with E-state index in [0.29, 0.717) is 23.1 Å². The third kappa shape index (κ3) is 2.39. The second-order valence-electron chi connectivity index (χ2n) is 5.11. The van der Waals surface area contributed by atoms with Crippen LogP contribution in [0.5, 0.6) is 0 Å². The van der Waals surface area contributed by atoms with Crippen molar-refractivity contribution in [2.75, 3.05) is 31.3 Å². The zero-order chi connectivity index (χ0) is 14.2. The van der Waals surface area contributed by atoms with E-state index in [4.69, 9.17) is 10.5 Å². The molecule has 1 fully saturated rings. The first-order chi connectivity index (χ1) is 9.01. The summed E-state index contributed by atoms with van der Waals surface area (Å²) in [6.07, 6.45) is 2.40. The Hall–Kier alpha value is -1.72. The second-order valence-corrected chi connectivity index (χ2v) is 5.11. The molecule has 1 heterocycles.